The molecule has 1 aromatic heterocycles. The second kappa shape index (κ2) is 7.52. The number of halogens is 1. The monoisotopic (exact) mass is 393 g/mol. The van der Waals surface area contributed by atoms with E-state index in [-0.39, 0.29) is 11.9 Å². The average Bonchev–Trinajstić information content (AvgIpc) is 3.03. The van der Waals surface area contributed by atoms with Crippen molar-refractivity contribution in [2.75, 3.05) is 17.3 Å². The molecule has 0 bridgehead atoms. The Morgan fingerprint density at radius 3 is 2.79 bits per heavy atom. The van der Waals surface area contributed by atoms with Gasteiger partial charge in [-0.15, -0.1) is 0 Å². The zero-order chi connectivity index (χ0) is 19.7. The summed E-state index contributed by atoms with van der Waals surface area (Å²) in [6.45, 7) is 2.06. The number of pyridine rings is 1. The molecule has 1 aliphatic heterocycles. The molecule has 6 heteroatoms. The number of hydrogen-bond acceptors (Lipinski definition) is 4. The maximum absolute atomic E-state index is 13.2. The summed E-state index contributed by atoms with van der Waals surface area (Å²) in [6, 6.07) is 15.4. The molecular formula is C22H20ClN3O2. The highest BCUT2D eigenvalue weighted by Gasteiger charge is 2.31. The number of rotatable bonds is 4. The summed E-state index contributed by atoms with van der Waals surface area (Å²) < 4.78 is 5.17. The lowest BCUT2D eigenvalue weighted by molar-refractivity contribution is 0.0981. The first-order valence-corrected chi connectivity index (χ1v) is 9.41. The predicted octanol–water partition coefficient (Wildman–Crippen LogP) is 5.08. The van der Waals surface area contributed by atoms with E-state index in [4.69, 9.17) is 16.3 Å². The highest BCUT2D eigenvalue weighted by Crippen LogP contribution is 2.33. The zero-order valence-electron chi connectivity index (χ0n) is 15.6. The normalized spacial score (nSPS) is 15.2. The second-order valence-electron chi connectivity index (χ2n) is 6.79. The molecule has 0 radical (unpaired) electrons. The Kier molecular flexibility index (Phi) is 4.92. The smallest absolute Gasteiger partial charge is 0.260 e. The molecule has 2 heterocycles. The minimum absolute atomic E-state index is 0.0543. The summed E-state index contributed by atoms with van der Waals surface area (Å²) in [6.07, 6.45) is 4.13. The molecule has 1 unspecified atom stereocenters. The van der Waals surface area contributed by atoms with E-state index in [0.29, 0.717) is 22.0 Å². The van der Waals surface area contributed by atoms with E-state index < -0.39 is 0 Å². The Morgan fingerprint density at radius 1 is 1.18 bits per heavy atom. The number of methoxy groups -OCH3 is 1. The molecule has 0 saturated carbocycles. The Hall–Kier alpha value is -3.05. The van der Waals surface area contributed by atoms with Gasteiger partial charge >= 0.3 is 0 Å². The molecule has 0 aliphatic carbocycles. The van der Waals surface area contributed by atoms with Crippen molar-refractivity contribution < 1.29 is 9.53 Å². The molecule has 2 aromatic carbocycles. The van der Waals surface area contributed by atoms with Crippen molar-refractivity contribution in [1.29, 1.82) is 0 Å². The van der Waals surface area contributed by atoms with Crippen molar-refractivity contribution in [2.24, 2.45) is 0 Å². The van der Waals surface area contributed by atoms with Crippen molar-refractivity contribution in [1.82, 2.24) is 4.98 Å². The molecule has 3 aromatic rings. The van der Waals surface area contributed by atoms with Gasteiger partial charge in [-0.2, -0.15) is 0 Å². The molecule has 4 rings (SSSR count). The third-order valence-corrected chi connectivity index (χ3v) is 5.15. The third kappa shape index (κ3) is 3.41. The molecule has 5 nitrogen and oxygen atoms in total. The number of para-hydroxylation sites is 1. The van der Waals surface area contributed by atoms with Crippen LogP contribution < -0.4 is 15.0 Å². The van der Waals surface area contributed by atoms with Crippen molar-refractivity contribution in [2.45, 2.75) is 19.4 Å². The fourth-order valence-electron chi connectivity index (χ4n) is 3.55. The lowest BCUT2D eigenvalue weighted by atomic mass is 10.1. The van der Waals surface area contributed by atoms with Crippen LogP contribution in [0.3, 0.4) is 0 Å². The molecule has 1 N–H and O–H groups in total. The number of amides is 1. The molecule has 1 atom stereocenters. The fourth-order valence-corrected chi connectivity index (χ4v) is 3.81. The van der Waals surface area contributed by atoms with Gasteiger partial charge < -0.3 is 15.0 Å². The number of carbonyl (C=O) groups excluding carboxylic acids is 1. The Balaban J connectivity index is 1.59. The van der Waals surface area contributed by atoms with E-state index in [2.05, 4.69) is 23.3 Å². The van der Waals surface area contributed by atoms with Gasteiger partial charge in [0.2, 0.25) is 0 Å². The number of anilines is 3. The van der Waals surface area contributed by atoms with E-state index in [1.54, 1.807) is 37.7 Å². The molecule has 1 amide bonds. The molecule has 0 saturated heterocycles. The number of fused-ring (bicyclic) bond motifs is 1. The van der Waals surface area contributed by atoms with E-state index in [1.807, 2.05) is 29.2 Å². The van der Waals surface area contributed by atoms with Crippen molar-refractivity contribution >= 4 is 34.6 Å². The fraction of sp³-hybridized carbons (Fsp3) is 0.182. The quantitative estimate of drug-likeness (QED) is 0.671. The highest BCUT2D eigenvalue weighted by atomic mass is 35.5. The van der Waals surface area contributed by atoms with Crippen LogP contribution in [-0.2, 0) is 6.42 Å². The largest absolute Gasteiger partial charge is 0.495 e. The van der Waals surface area contributed by atoms with Gasteiger partial charge in [0.05, 0.1) is 29.6 Å². The third-order valence-electron chi connectivity index (χ3n) is 4.85. The van der Waals surface area contributed by atoms with Crippen molar-refractivity contribution in [3.05, 3.63) is 77.1 Å². The molecule has 0 spiro atoms. The lowest BCUT2D eigenvalue weighted by Crippen LogP contribution is -2.35. The van der Waals surface area contributed by atoms with Crippen LogP contribution in [0.4, 0.5) is 17.1 Å². The Bertz CT molecular complexity index is 1040. The van der Waals surface area contributed by atoms with Gasteiger partial charge in [-0.05, 0) is 49.2 Å². The Morgan fingerprint density at radius 2 is 2.00 bits per heavy atom. The summed E-state index contributed by atoms with van der Waals surface area (Å²) in [5.74, 6) is 0.553. The van der Waals surface area contributed by atoms with Crippen LogP contribution >= 0.6 is 11.6 Å². The van der Waals surface area contributed by atoms with Crippen LogP contribution in [0.25, 0.3) is 0 Å². The van der Waals surface area contributed by atoms with Crippen LogP contribution in [0.1, 0.15) is 22.8 Å². The summed E-state index contributed by atoms with van der Waals surface area (Å²) in [5, 5.41) is 3.75. The Labute approximate surface area is 168 Å². The van der Waals surface area contributed by atoms with E-state index >= 15 is 0 Å². The number of ether oxygens (including phenoxy) is 1. The number of nitrogens with zero attached hydrogens (tertiary/aromatic N) is 2. The van der Waals surface area contributed by atoms with Crippen LogP contribution in [0.15, 0.2) is 60.9 Å². The number of aromatic nitrogens is 1. The van der Waals surface area contributed by atoms with E-state index in [0.717, 1.165) is 17.8 Å². The summed E-state index contributed by atoms with van der Waals surface area (Å²) in [4.78, 5) is 19.3. The minimum Gasteiger partial charge on any atom is -0.495 e. The second-order valence-corrected chi connectivity index (χ2v) is 7.20. The lowest BCUT2D eigenvalue weighted by Gasteiger charge is -2.23. The maximum Gasteiger partial charge on any atom is 0.260 e. The summed E-state index contributed by atoms with van der Waals surface area (Å²) >= 11 is 6.19. The number of hydrogen-bond donors (Lipinski definition) is 1. The van der Waals surface area contributed by atoms with Gasteiger partial charge in [0.15, 0.2) is 0 Å². The van der Waals surface area contributed by atoms with Crippen LogP contribution in [-0.4, -0.2) is 24.0 Å². The van der Waals surface area contributed by atoms with Crippen LogP contribution in [0.2, 0.25) is 5.02 Å². The van der Waals surface area contributed by atoms with Crippen LogP contribution in [0.5, 0.6) is 5.75 Å². The summed E-state index contributed by atoms with van der Waals surface area (Å²) in [7, 11) is 1.57. The standard InChI is InChI=1S/C22H20ClN3O2/c1-14-9-15-5-3-4-6-20(15)26(14)22(27)16-10-18(13-24-12-16)25-17-7-8-21(28-2)19(23)11-17/h3-8,10-14,25H,9H2,1-2H3. The minimum atomic E-state index is -0.0543. The topological polar surface area (TPSA) is 54.5 Å². The molecule has 28 heavy (non-hydrogen) atoms. The van der Waals surface area contributed by atoms with Gasteiger partial charge in [-0.3, -0.25) is 9.78 Å². The summed E-state index contributed by atoms with van der Waals surface area (Å²) in [5.41, 5.74) is 4.20. The zero-order valence-corrected chi connectivity index (χ0v) is 16.4. The first-order valence-electron chi connectivity index (χ1n) is 9.04. The average molecular weight is 394 g/mol. The molecule has 142 valence electrons. The number of nitrogens with one attached hydrogen (secondary N) is 1. The van der Waals surface area contributed by atoms with Gasteiger partial charge in [-0.1, -0.05) is 29.8 Å². The number of benzene rings is 2. The molecular weight excluding hydrogens is 374 g/mol. The van der Waals surface area contributed by atoms with Gasteiger partial charge in [-0.25, -0.2) is 0 Å². The first kappa shape index (κ1) is 18.3. The van der Waals surface area contributed by atoms with Gasteiger partial charge in [0.25, 0.3) is 5.91 Å². The van der Waals surface area contributed by atoms with Crippen molar-refractivity contribution in [3.63, 3.8) is 0 Å². The van der Waals surface area contributed by atoms with Crippen LogP contribution in [0, 0.1) is 0 Å². The molecule has 0 fully saturated rings. The maximum atomic E-state index is 13.2. The van der Waals surface area contributed by atoms with E-state index in [9.17, 15) is 4.79 Å². The SMILES string of the molecule is COc1ccc(Nc2cncc(C(=O)N3c4ccccc4CC3C)c2)cc1Cl. The first-order chi connectivity index (χ1) is 13.6. The predicted molar refractivity (Wildman–Crippen MR) is 112 cm³/mol. The number of carbonyl (C=O) groups is 1. The van der Waals surface area contributed by atoms with E-state index in [1.165, 1.54) is 5.56 Å². The van der Waals surface area contributed by atoms with Crippen molar-refractivity contribution in [3.8, 4) is 5.75 Å². The highest BCUT2D eigenvalue weighted by molar-refractivity contribution is 6.32. The van der Waals surface area contributed by atoms with Gasteiger partial charge in [0, 0.05) is 23.6 Å². The van der Waals surface area contributed by atoms with Gasteiger partial charge in [0.1, 0.15) is 5.75 Å². The molecule has 1 aliphatic rings.